The van der Waals surface area contributed by atoms with Crippen molar-refractivity contribution in [1.82, 2.24) is 0 Å². The van der Waals surface area contributed by atoms with E-state index >= 15 is 0 Å². The van der Waals surface area contributed by atoms with Crippen LogP contribution in [0.2, 0.25) is 0 Å². The molecule has 3 nitrogen and oxygen atoms in total. The van der Waals surface area contributed by atoms with Crippen LogP contribution in [0.5, 0.6) is 5.75 Å². The highest BCUT2D eigenvalue weighted by Gasteiger charge is 2.33. The number of aromatic hydroxyl groups is 1. The summed E-state index contributed by atoms with van der Waals surface area (Å²) in [5.41, 5.74) is -0.989. The molecule has 0 saturated carbocycles. The van der Waals surface area contributed by atoms with E-state index in [1.165, 1.54) is 0 Å². The number of benzene rings is 2. The molecular formula is C15H11F3O3. The predicted molar refractivity (Wildman–Crippen MR) is 69.9 cm³/mol. The van der Waals surface area contributed by atoms with Crippen LogP contribution in [0.3, 0.4) is 0 Å². The molecule has 0 amide bonds. The van der Waals surface area contributed by atoms with Crippen molar-refractivity contribution < 1.29 is 27.8 Å². The molecule has 0 saturated heterocycles. The Hall–Kier alpha value is -2.50. The number of phenolic OH excluding ortho intramolecular Hbond substituents is 1. The van der Waals surface area contributed by atoms with E-state index in [2.05, 4.69) is 4.74 Å². The van der Waals surface area contributed by atoms with Gasteiger partial charge in [-0.3, -0.25) is 0 Å². The Morgan fingerprint density at radius 3 is 2.29 bits per heavy atom. The zero-order valence-electron chi connectivity index (χ0n) is 10.9. The van der Waals surface area contributed by atoms with Gasteiger partial charge in [0.15, 0.2) is 0 Å². The molecule has 0 bridgehead atoms. The van der Waals surface area contributed by atoms with Crippen molar-refractivity contribution in [3.63, 3.8) is 0 Å². The normalized spacial score (nSPS) is 11.2. The third kappa shape index (κ3) is 2.99. The van der Waals surface area contributed by atoms with E-state index in [-0.39, 0.29) is 11.1 Å². The second-order valence-corrected chi connectivity index (χ2v) is 4.27. The van der Waals surface area contributed by atoms with Crippen LogP contribution in [0.1, 0.15) is 15.9 Å². The summed E-state index contributed by atoms with van der Waals surface area (Å²) < 4.78 is 43.1. The first-order chi connectivity index (χ1) is 9.84. The molecule has 0 aliphatic carbocycles. The minimum atomic E-state index is -4.63. The molecule has 6 heteroatoms. The lowest BCUT2D eigenvalue weighted by molar-refractivity contribution is -0.137. The molecule has 0 aliphatic rings. The standard InChI is InChI=1S/C15H11F3O3/c1-21-14(20)13-11(9-5-3-2-4-6-9)7-10(8-12(13)19)15(16,17)18/h2-8,19H,1H3. The highest BCUT2D eigenvalue weighted by molar-refractivity contribution is 6.00. The topological polar surface area (TPSA) is 46.5 Å². The van der Waals surface area contributed by atoms with Crippen molar-refractivity contribution in [2.45, 2.75) is 6.18 Å². The second kappa shape index (κ2) is 5.47. The Labute approximate surface area is 118 Å². The van der Waals surface area contributed by atoms with Gasteiger partial charge in [-0.05, 0) is 17.7 Å². The van der Waals surface area contributed by atoms with Crippen molar-refractivity contribution >= 4 is 5.97 Å². The van der Waals surface area contributed by atoms with E-state index < -0.39 is 23.5 Å². The van der Waals surface area contributed by atoms with Gasteiger partial charge in [-0.15, -0.1) is 0 Å². The lowest BCUT2D eigenvalue weighted by Crippen LogP contribution is -2.09. The van der Waals surface area contributed by atoms with Crippen LogP contribution < -0.4 is 0 Å². The van der Waals surface area contributed by atoms with Gasteiger partial charge in [0.1, 0.15) is 11.3 Å². The van der Waals surface area contributed by atoms with E-state index in [4.69, 9.17) is 0 Å². The fraction of sp³-hybridized carbons (Fsp3) is 0.133. The maximum absolute atomic E-state index is 12.9. The number of methoxy groups -OCH3 is 1. The van der Waals surface area contributed by atoms with Crippen LogP contribution >= 0.6 is 0 Å². The summed E-state index contributed by atoms with van der Waals surface area (Å²) >= 11 is 0. The summed E-state index contributed by atoms with van der Waals surface area (Å²) in [6.07, 6.45) is -4.63. The summed E-state index contributed by atoms with van der Waals surface area (Å²) in [4.78, 5) is 11.7. The number of alkyl halides is 3. The quantitative estimate of drug-likeness (QED) is 0.856. The van der Waals surface area contributed by atoms with E-state index in [1.54, 1.807) is 30.3 Å². The maximum atomic E-state index is 12.9. The lowest BCUT2D eigenvalue weighted by Gasteiger charge is -2.14. The molecule has 21 heavy (non-hydrogen) atoms. The van der Waals surface area contributed by atoms with Gasteiger partial charge in [0.05, 0.1) is 12.7 Å². The van der Waals surface area contributed by atoms with E-state index in [9.17, 15) is 23.1 Å². The van der Waals surface area contributed by atoms with Crippen LogP contribution in [0.4, 0.5) is 13.2 Å². The monoisotopic (exact) mass is 296 g/mol. The highest BCUT2D eigenvalue weighted by Crippen LogP contribution is 2.38. The Morgan fingerprint density at radius 1 is 1.14 bits per heavy atom. The molecule has 2 aromatic carbocycles. The fourth-order valence-electron chi connectivity index (χ4n) is 1.95. The van der Waals surface area contributed by atoms with Gasteiger partial charge in [-0.1, -0.05) is 30.3 Å². The molecule has 2 rings (SSSR count). The zero-order chi connectivity index (χ0) is 15.6. The number of hydrogen-bond donors (Lipinski definition) is 1. The average Bonchev–Trinajstić information content (AvgIpc) is 2.45. The molecule has 0 aliphatic heterocycles. The van der Waals surface area contributed by atoms with Crippen molar-refractivity contribution in [3.05, 3.63) is 53.6 Å². The first-order valence-electron chi connectivity index (χ1n) is 5.92. The fourth-order valence-corrected chi connectivity index (χ4v) is 1.95. The molecule has 0 spiro atoms. The van der Waals surface area contributed by atoms with Crippen LogP contribution in [0.15, 0.2) is 42.5 Å². The second-order valence-electron chi connectivity index (χ2n) is 4.27. The highest BCUT2D eigenvalue weighted by atomic mass is 19.4. The number of esters is 1. The number of ether oxygens (including phenoxy) is 1. The number of rotatable bonds is 2. The maximum Gasteiger partial charge on any atom is 0.416 e. The number of carbonyl (C=O) groups is 1. The van der Waals surface area contributed by atoms with Crippen molar-refractivity contribution in [3.8, 4) is 16.9 Å². The van der Waals surface area contributed by atoms with Gasteiger partial charge < -0.3 is 9.84 Å². The van der Waals surface area contributed by atoms with Gasteiger partial charge in [0.25, 0.3) is 0 Å². The largest absolute Gasteiger partial charge is 0.507 e. The Balaban J connectivity index is 2.75. The van der Waals surface area contributed by atoms with Gasteiger partial charge in [-0.25, -0.2) is 4.79 Å². The number of hydrogen-bond acceptors (Lipinski definition) is 3. The summed E-state index contributed by atoms with van der Waals surface area (Å²) in [7, 11) is 1.09. The molecule has 0 aromatic heterocycles. The third-order valence-corrected chi connectivity index (χ3v) is 2.92. The first-order valence-corrected chi connectivity index (χ1v) is 5.92. The van der Waals surface area contributed by atoms with Crippen molar-refractivity contribution in [1.29, 1.82) is 0 Å². The average molecular weight is 296 g/mol. The van der Waals surface area contributed by atoms with E-state index in [0.717, 1.165) is 13.2 Å². The molecule has 2 aromatic rings. The molecule has 0 fully saturated rings. The van der Waals surface area contributed by atoms with Crippen LogP contribution in [-0.2, 0) is 10.9 Å². The van der Waals surface area contributed by atoms with Crippen molar-refractivity contribution in [2.24, 2.45) is 0 Å². The zero-order valence-corrected chi connectivity index (χ0v) is 10.9. The minimum absolute atomic E-state index is 0.0326. The summed E-state index contributed by atoms with van der Waals surface area (Å²) in [5.74, 6) is -1.67. The molecule has 0 atom stereocenters. The number of carbonyl (C=O) groups excluding carboxylic acids is 1. The van der Waals surface area contributed by atoms with Crippen LogP contribution in [0, 0.1) is 0 Å². The van der Waals surface area contributed by atoms with Crippen LogP contribution in [-0.4, -0.2) is 18.2 Å². The summed E-state index contributed by atoms with van der Waals surface area (Å²) in [6.45, 7) is 0. The smallest absolute Gasteiger partial charge is 0.416 e. The summed E-state index contributed by atoms with van der Waals surface area (Å²) in [6, 6.07) is 9.35. The third-order valence-electron chi connectivity index (χ3n) is 2.92. The Bertz CT molecular complexity index is 664. The van der Waals surface area contributed by atoms with Crippen molar-refractivity contribution in [2.75, 3.05) is 7.11 Å². The molecule has 1 N–H and O–H groups in total. The minimum Gasteiger partial charge on any atom is -0.507 e. The van der Waals surface area contributed by atoms with Gasteiger partial charge >= 0.3 is 12.1 Å². The van der Waals surface area contributed by atoms with E-state index in [1.807, 2.05) is 0 Å². The molecule has 110 valence electrons. The molecule has 0 unspecified atom stereocenters. The number of phenols is 1. The predicted octanol–water partition coefficient (Wildman–Crippen LogP) is 3.86. The SMILES string of the molecule is COC(=O)c1c(O)cc(C(F)(F)F)cc1-c1ccccc1. The molecule has 0 heterocycles. The van der Waals surface area contributed by atoms with Gasteiger partial charge in [0, 0.05) is 5.56 Å². The molecular weight excluding hydrogens is 285 g/mol. The Morgan fingerprint density at radius 2 is 1.76 bits per heavy atom. The van der Waals surface area contributed by atoms with Gasteiger partial charge in [-0.2, -0.15) is 13.2 Å². The lowest BCUT2D eigenvalue weighted by atomic mass is 9.96. The first kappa shape index (κ1) is 14.9. The van der Waals surface area contributed by atoms with Gasteiger partial charge in [0.2, 0.25) is 0 Å². The Kier molecular flexibility index (Phi) is 3.88. The van der Waals surface area contributed by atoms with Crippen LogP contribution in [0.25, 0.3) is 11.1 Å². The summed E-state index contributed by atoms with van der Waals surface area (Å²) in [5, 5.41) is 9.80. The number of halogens is 3. The van der Waals surface area contributed by atoms with E-state index in [0.29, 0.717) is 11.6 Å². The molecule has 0 radical (unpaired) electrons.